The van der Waals surface area contributed by atoms with Gasteiger partial charge in [-0.15, -0.1) is 0 Å². The molecule has 188 valence electrons. The predicted octanol–water partition coefficient (Wildman–Crippen LogP) is 7.32. The molecule has 4 N–H and O–H groups in total. The molecule has 1 aliphatic heterocycles. The topological polar surface area (TPSA) is 73.4 Å². The number of fused-ring (bicyclic) bond motifs is 1. The summed E-state index contributed by atoms with van der Waals surface area (Å²) in [6.45, 7) is 0.554. The Hall–Kier alpha value is -3.32. The number of halogens is 3. The van der Waals surface area contributed by atoms with Crippen LogP contribution in [0.15, 0.2) is 60.7 Å². The van der Waals surface area contributed by atoms with E-state index in [-0.39, 0.29) is 11.5 Å². The highest BCUT2D eigenvalue weighted by atomic mass is 35.5. The van der Waals surface area contributed by atoms with E-state index in [1.165, 1.54) is 18.6 Å². The number of carboxylic acids is 1. The van der Waals surface area contributed by atoms with Crippen LogP contribution in [0, 0.1) is 23.5 Å². The second-order valence-electron chi connectivity index (χ2n) is 9.64. The molecule has 1 fully saturated rings. The first-order chi connectivity index (χ1) is 17.4. The van der Waals surface area contributed by atoms with Crippen molar-refractivity contribution >= 4 is 34.6 Å². The van der Waals surface area contributed by atoms with Gasteiger partial charge in [0.25, 0.3) is 0 Å². The molecule has 1 unspecified atom stereocenters. The Balaban J connectivity index is 1.54. The molecule has 2 aliphatic rings. The summed E-state index contributed by atoms with van der Waals surface area (Å²) in [5.74, 6) is -2.46. The molecule has 0 bridgehead atoms. The molecule has 0 spiro atoms. The molecule has 1 aliphatic carbocycles. The minimum Gasteiger partial charge on any atom is -0.478 e. The zero-order valence-corrected chi connectivity index (χ0v) is 20.4. The van der Waals surface area contributed by atoms with Gasteiger partial charge < -0.3 is 21.1 Å². The normalized spacial score (nSPS) is 17.5. The van der Waals surface area contributed by atoms with Crippen molar-refractivity contribution in [3.63, 3.8) is 0 Å². The van der Waals surface area contributed by atoms with Crippen LogP contribution in [0.3, 0.4) is 0 Å². The van der Waals surface area contributed by atoms with Crippen molar-refractivity contribution in [1.29, 1.82) is 0 Å². The van der Waals surface area contributed by atoms with Gasteiger partial charge in [0.05, 0.1) is 16.9 Å². The maximum Gasteiger partial charge on any atom is 0.335 e. The molecule has 36 heavy (non-hydrogen) atoms. The number of rotatable bonds is 7. The quantitative estimate of drug-likeness (QED) is 0.267. The molecule has 0 aromatic heterocycles. The first-order valence-corrected chi connectivity index (χ1v) is 12.6. The molecule has 0 amide bonds. The van der Waals surface area contributed by atoms with Gasteiger partial charge in [-0.2, -0.15) is 0 Å². The van der Waals surface area contributed by atoms with Crippen LogP contribution in [0.25, 0.3) is 0 Å². The zero-order valence-electron chi connectivity index (χ0n) is 19.7. The zero-order chi connectivity index (χ0) is 25.3. The van der Waals surface area contributed by atoms with Gasteiger partial charge in [0.2, 0.25) is 0 Å². The van der Waals surface area contributed by atoms with Crippen LogP contribution in [0.4, 0.5) is 25.8 Å². The fourth-order valence-electron chi connectivity index (χ4n) is 5.63. The SMILES string of the molecule is O=C(O)c1ccc(NCC(C2CCCCC2)C2(c3ccc(Cl)cc3)Nc3cc(F)c(F)cc3N2)cc1. The Morgan fingerprint density at radius 2 is 1.56 bits per heavy atom. The van der Waals surface area contributed by atoms with Crippen molar-refractivity contribution in [3.8, 4) is 0 Å². The molecule has 3 aromatic rings. The van der Waals surface area contributed by atoms with Gasteiger partial charge in [0.15, 0.2) is 11.6 Å². The summed E-state index contributed by atoms with van der Waals surface area (Å²) in [4.78, 5) is 11.2. The average molecular weight is 512 g/mol. The van der Waals surface area contributed by atoms with Crippen LogP contribution in [0.1, 0.15) is 48.0 Å². The molecule has 1 heterocycles. The van der Waals surface area contributed by atoms with Gasteiger partial charge in [-0.3, -0.25) is 0 Å². The summed E-state index contributed by atoms with van der Waals surface area (Å²) in [5.41, 5.74) is 2.14. The molecule has 1 atom stereocenters. The summed E-state index contributed by atoms with van der Waals surface area (Å²) in [5, 5.41) is 20.4. The number of carbonyl (C=O) groups is 1. The van der Waals surface area contributed by atoms with E-state index in [1.54, 1.807) is 24.3 Å². The fraction of sp³-hybridized carbons (Fsp3) is 0.321. The molecular formula is C28H28ClF2N3O2. The van der Waals surface area contributed by atoms with Gasteiger partial charge >= 0.3 is 5.97 Å². The Bertz CT molecular complexity index is 1210. The lowest BCUT2D eigenvalue weighted by Crippen LogP contribution is -2.52. The minimum absolute atomic E-state index is 0.0170. The smallest absolute Gasteiger partial charge is 0.335 e. The highest BCUT2D eigenvalue weighted by Gasteiger charge is 2.48. The summed E-state index contributed by atoms with van der Waals surface area (Å²) < 4.78 is 28.4. The van der Waals surface area contributed by atoms with E-state index in [4.69, 9.17) is 11.6 Å². The second kappa shape index (κ2) is 9.97. The van der Waals surface area contributed by atoms with Gasteiger partial charge in [-0.25, -0.2) is 13.6 Å². The molecule has 0 radical (unpaired) electrons. The Kier molecular flexibility index (Phi) is 6.75. The standard InChI is InChI=1S/C28H28ClF2N3O2/c29-20-10-8-19(9-11-20)28(33-25-14-23(30)24(31)15-26(25)34-28)22(17-4-2-1-3-5-17)16-32-21-12-6-18(7-13-21)27(35)36/h6-15,17,22,32-34H,1-5,16H2,(H,35,36). The summed E-state index contributed by atoms with van der Waals surface area (Å²) in [7, 11) is 0. The van der Waals surface area contributed by atoms with E-state index in [0.29, 0.717) is 28.9 Å². The molecule has 3 aromatic carbocycles. The third kappa shape index (κ3) is 4.72. The Morgan fingerprint density at radius 1 is 0.972 bits per heavy atom. The second-order valence-corrected chi connectivity index (χ2v) is 10.1. The summed E-state index contributed by atoms with van der Waals surface area (Å²) in [6, 6.07) is 16.6. The van der Waals surface area contributed by atoms with E-state index in [9.17, 15) is 18.7 Å². The Morgan fingerprint density at radius 3 is 2.11 bits per heavy atom. The van der Waals surface area contributed by atoms with Crippen LogP contribution >= 0.6 is 11.6 Å². The maximum atomic E-state index is 14.2. The van der Waals surface area contributed by atoms with Crippen molar-refractivity contribution in [1.82, 2.24) is 0 Å². The molecule has 1 saturated carbocycles. The first kappa shape index (κ1) is 24.4. The predicted molar refractivity (Wildman–Crippen MR) is 139 cm³/mol. The van der Waals surface area contributed by atoms with Crippen LogP contribution in [0.2, 0.25) is 5.02 Å². The van der Waals surface area contributed by atoms with Crippen LogP contribution in [-0.4, -0.2) is 17.6 Å². The number of nitrogens with one attached hydrogen (secondary N) is 3. The van der Waals surface area contributed by atoms with E-state index < -0.39 is 23.3 Å². The number of anilines is 3. The fourth-order valence-corrected chi connectivity index (χ4v) is 5.76. The highest BCUT2D eigenvalue weighted by Crippen LogP contribution is 2.49. The lowest BCUT2D eigenvalue weighted by molar-refractivity contribution is 0.0697. The number of hydrogen-bond donors (Lipinski definition) is 4. The third-order valence-electron chi connectivity index (χ3n) is 7.46. The molecule has 0 saturated heterocycles. The van der Waals surface area contributed by atoms with Gasteiger partial charge in [-0.1, -0.05) is 43.0 Å². The number of benzene rings is 3. The van der Waals surface area contributed by atoms with E-state index in [0.717, 1.165) is 36.9 Å². The summed E-state index contributed by atoms with van der Waals surface area (Å²) in [6.07, 6.45) is 5.53. The van der Waals surface area contributed by atoms with Crippen molar-refractivity contribution in [2.24, 2.45) is 11.8 Å². The molecular weight excluding hydrogens is 484 g/mol. The lowest BCUT2D eigenvalue weighted by atomic mass is 9.71. The van der Waals surface area contributed by atoms with Gasteiger partial charge in [0.1, 0.15) is 5.66 Å². The van der Waals surface area contributed by atoms with Crippen molar-refractivity contribution in [2.45, 2.75) is 37.8 Å². The van der Waals surface area contributed by atoms with Crippen molar-refractivity contribution < 1.29 is 18.7 Å². The molecule has 5 rings (SSSR count). The molecule has 8 heteroatoms. The average Bonchev–Trinajstić information content (AvgIpc) is 3.24. The summed E-state index contributed by atoms with van der Waals surface area (Å²) >= 11 is 6.20. The highest BCUT2D eigenvalue weighted by molar-refractivity contribution is 6.30. The lowest BCUT2D eigenvalue weighted by Gasteiger charge is -2.44. The molecule has 5 nitrogen and oxygen atoms in total. The van der Waals surface area contributed by atoms with Crippen molar-refractivity contribution in [3.05, 3.63) is 88.4 Å². The van der Waals surface area contributed by atoms with Crippen LogP contribution < -0.4 is 16.0 Å². The van der Waals surface area contributed by atoms with E-state index in [1.807, 2.05) is 24.3 Å². The van der Waals surface area contributed by atoms with Crippen LogP contribution in [0.5, 0.6) is 0 Å². The number of carboxylic acid groups (broad SMARTS) is 1. The van der Waals surface area contributed by atoms with E-state index >= 15 is 0 Å². The van der Waals surface area contributed by atoms with Crippen LogP contribution in [-0.2, 0) is 5.66 Å². The number of aromatic carboxylic acids is 1. The monoisotopic (exact) mass is 511 g/mol. The van der Waals surface area contributed by atoms with Crippen molar-refractivity contribution in [2.75, 3.05) is 22.5 Å². The van der Waals surface area contributed by atoms with Gasteiger partial charge in [0, 0.05) is 35.3 Å². The Labute approximate surface area is 213 Å². The number of hydrogen-bond acceptors (Lipinski definition) is 4. The third-order valence-corrected chi connectivity index (χ3v) is 7.71. The van der Waals surface area contributed by atoms with E-state index in [2.05, 4.69) is 16.0 Å². The first-order valence-electron chi connectivity index (χ1n) is 12.2. The maximum absolute atomic E-state index is 14.2. The van der Waals surface area contributed by atoms with Gasteiger partial charge in [-0.05, 0) is 60.7 Å². The largest absolute Gasteiger partial charge is 0.478 e. The minimum atomic E-state index is -0.972.